The number of carbonyl (C=O) groups is 1. The molecule has 0 bridgehead atoms. The van der Waals surface area contributed by atoms with E-state index in [4.69, 9.17) is 0 Å². The number of benzene rings is 1. The van der Waals surface area contributed by atoms with Gasteiger partial charge in [-0.15, -0.1) is 0 Å². The summed E-state index contributed by atoms with van der Waals surface area (Å²) in [6, 6.07) is 7.65. The first-order valence-electron chi connectivity index (χ1n) is 5.46. The van der Waals surface area contributed by atoms with Crippen LogP contribution in [-0.4, -0.2) is 32.4 Å². The molecule has 0 radical (unpaired) electrons. The van der Waals surface area contributed by atoms with Crippen LogP contribution < -0.4 is 4.90 Å². The summed E-state index contributed by atoms with van der Waals surface area (Å²) in [5.41, 5.74) is 1.94. The normalized spacial score (nSPS) is 19.2. The van der Waals surface area contributed by atoms with Gasteiger partial charge in [-0.2, -0.15) is 0 Å². The molecular weight excluding hydrogens is 238 g/mol. The van der Waals surface area contributed by atoms with Crippen molar-refractivity contribution in [2.45, 2.75) is 19.4 Å². The summed E-state index contributed by atoms with van der Waals surface area (Å²) in [5.74, 6) is -0.768. The maximum atomic E-state index is 12.0. The molecule has 0 fully saturated rings. The summed E-state index contributed by atoms with van der Waals surface area (Å²) in [6.45, 7) is 1.93. The second kappa shape index (κ2) is 4.14. The van der Waals surface area contributed by atoms with Crippen LogP contribution in [0.1, 0.15) is 12.5 Å². The number of nitrogens with zero attached hydrogens (tertiary/aromatic N) is 1. The number of sulfone groups is 1. The molecule has 1 heterocycles. The third kappa shape index (κ3) is 2.49. The Balaban J connectivity index is 2.31. The van der Waals surface area contributed by atoms with E-state index < -0.39 is 15.6 Å². The van der Waals surface area contributed by atoms with E-state index in [0.29, 0.717) is 0 Å². The molecule has 0 N–H and O–H groups in total. The molecule has 4 nitrogen and oxygen atoms in total. The monoisotopic (exact) mass is 253 g/mol. The molecule has 17 heavy (non-hydrogen) atoms. The van der Waals surface area contributed by atoms with Gasteiger partial charge in [0.25, 0.3) is 0 Å². The third-order valence-corrected chi connectivity index (χ3v) is 3.63. The lowest BCUT2D eigenvalue weighted by atomic mass is 10.1. The maximum absolute atomic E-state index is 12.0. The molecule has 1 atom stereocenters. The zero-order chi connectivity index (χ0) is 12.6. The molecule has 1 aliphatic heterocycles. The van der Waals surface area contributed by atoms with Crippen LogP contribution in [0.15, 0.2) is 24.3 Å². The van der Waals surface area contributed by atoms with Gasteiger partial charge in [0.15, 0.2) is 9.84 Å². The number of amides is 1. The van der Waals surface area contributed by atoms with Crippen molar-refractivity contribution in [1.82, 2.24) is 0 Å². The fraction of sp³-hybridized carbons (Fsp3) is 0.417. The Labute approximate surface area is 101 Å². The first-order valence-corrected chi connectivity index (χ1v) is 7.52. The highest BCUT2D eigenvalue weighted by Crippen LogP contribution is 2.31. The van der Waals surface area contributed by atoms with E-state index in [-0.39, 0.29) is 11.9 Å². The molecule has 1 aromatic rings. The van der Waals surface area contributed by atoms with Crippen LogP contribution in [-0.2, 0) is 21.1 Å². The van der Waals surface area contributed by atoms with E-state index in [2.05, 4.69) is 0 Å². The molecule has 0 aliphatic carbocycles. The Hall–Kier alpha value is -1.36. The largest absolute Gasteiger partial charge is 0.308 e. The summed E-state index contributed by atoms with van der Waals surface area (Å²) < 4.78 is 22.3. The van der Waals surface area contributed by atoms with Crippen LogP contribution in [0.5, 0.6) is 0 Å². The first-order chi connectivity index (χ1) is 7.88. The van der Waals surface area contributed by atoms with E-state index in [1.807, 2.05) is 31.2 Å². The predicted octanol–water partition coefficient (Wildman–Crippen LogP) is 1.01. The van der Waals surface area contributed by atoms with Gasteiger partial charge in [-0.25, -0.2) is 8.42 Å². The van der Waals surface area contributed by atoms with Crippen molar-refractivity contribution >= 4 is 21.4 Å². The highest BCUT2D eigenvalue weighted by Gasteiger charge is 2.31. The number of hydrogen-bond acceptors (Lipinski definition) is 3. The van der Waals surface area contributed by atoms with Crippen LogP contribution in [0.25, 0.3) is 0 Å². The minimum absolute atomic E-state index is 0.0293. The average molecular weight is 253 g/mol. The lowest BCUT2D eigenvalue weighted by Gasteiger charge is -2.22. The van der Waals surface area contributed by atoms with Crippen LogP contribution in [0.3, 0.4) is 0 Å². The van der Waals surface area contributed by atoms with Gasteiger partial charge in [0.1, 0.15) is 5.75 Å². The molecule has 1 aliphatic rings. The quantitative estimate of drug-likeness (QED) is 0.790. The number of para-hydroxylation sites is 1. The van der Waals surface area contributed by atoms with E-state index in [1.165, 1.54) is 0 Å². The van der Waals surface area contributed by atoms with Crippen molar-refractivity contribution in [3.05, 3.63) is 29.8 Å². The standard InChI is InChI=1S/C12H15NO3S/c1-9-7-10-5-3-4-6-11(10)13(9)12(14)8-17(2,15)16/h3-6,9H,7-8H2,1-2H3/t9-/m0/s1. The minimum atomic E-state index is -3.28. The van der Waals surface area contributed by atoms with Gasteiger partial charge >= 0.3 is 0 Å². The van der Waals surface area contributed by atoms with E-state index in [9.17, 15) is 13.2 Å². The minimum Gasteiger partial charge on any atom is -0.308 e. The molecule has 0 saturated carbocycles. The van der Waals surface area contributed by atoms with Crippen molar-refractivity contribution in [1.29, 1.82) is 0 Å². The van der Waals surface area contributed by atoms with Gasteiger partial charge in [0.2, 0.25) is 5.91 Å². The first kappa shape index (κ1) is 12.1. The van der Waals surface area contributed by atoms with Crippen LogP contribution >= 0.6 is 0 Å². The van der Waals surface area contributed by atoms with Crippen molar-refractivity contribution < 1.29 is 13.2 Å². The Morgan fingerprint density at radius 3 is 2.71 bits per heavy atom. The Morgan fingerprint density at radius 2 is 2.06 bits per heavy atom. The van der Waals surface area contributed by atoms with Crippen LogP contribution in [0.2, 0.25) is 0 Å². The number of fused-ring (bicyclic) bond motifs is 1. The highest BCUT2D eigenvalue weighted by atomic mass is 32.2. The summed E-state index contributed by atoms with van der Waals surface area (Å²) in [4.78, 5) is 13.6. The number of hydrogen-bond donors (Lipinski definition) is 0. The second-order valence-corrected chi connectivity index (χ2v) is 6.66. The van der Waals surface area contributed by atoms with Crippen molar-refractivity contribution in [2.75, 3.05) is 16.9 Å². The fourth-order valence-electron chi connectivity index (χ4n) is 2.24. The molecule has 2 rings (SSSR count). The highest BCUT2D eigenvalue weighted by molar-refractivity contribution is 7.91. The number of rotatable bonds is 2. The Morgan fingerprint density at radius 1 is 1.41 bits per heavy atom. The molecule has 1 amide bonds. The van der Waals surface area contributed by atoms with Gasteiger partial charge in [-0.3, -0.25) is 4.79 Å². The lowest BCUT2D eigenvalue weighted by Crippen LogP contribution is -2.39. The van der Waals surface area contributed by atoms with Gasteiger partial charge < -0.3 is 4.90 Å². The zero-order valence-electron chi connectivity index (χ0n) is 9.88. The number of carbonyl (C=O) groups excluding carboxylic acids is 1. The van der Waals surface area contributed by atoms with Crippen LogP contribution in [0, 0.1) is 0 Å². The molecule has 0 saturated heterocycles. The summed E-state index contributed by atoms with van der Waals surface area (Å²) in [5, 5.41) is 0. The molecule has 5 heteroatoms. The average Bonchev–Trinajstić information content (AvgIpc) is 2.50. The topological polar surface area (TPSA) is 54.5 Å². The Bertz CT molecular complexity index is 551. The van der Waals surface area contributed by atoms with E-state index in [0.717, 1.165) is 23.9 Å². The van der Waals surface area contributed by atoms with Crippen molar-refractivity contribution in [3.8, 4) is 0 Å². The molecule has 0 aromatic heterocycles. The smallest absolute Gasteiger partial charge is 0.242 e. The van der Waals surface area contributed by atoms with E-state index in [1.54, 1.807) is 4.90 Å². The van der Waals surface area contributed by atoms with Gasteiger partial charge in [0.05, 0.1) is 0 Å². The third-order valence-electron chi connectivity index (χ3n) is 2.86. The number of anilines is 1. The Kier molecular flexibility index (Phi) is 2.95. The molecule has 0 spiro atoms. The fourth-order valence-corrected chi connectivity index (χ4v) is 2.83. The van der Waals surface area contributed by atoms with E-state index >= 15 is 0 Å². The summed E-state index contributed by atoms with van der Waals surface area (Å²) in [6.07, 6.45) is 1.86. The predicted molar refractivity (Wildman–Crippen MR) is 66.8 cm³/mol. The van der Waals surface area contributed by atoms with Gasteiger partial charge in [0, 0.05) is 18.0 Å². The van der Waals surface area contributed by atoms with Crippen molar-refractivity contribution in [3.63, 3.8) is 0 Å². The molecule has 1 aromatic carbocycles. The van der Waals surface area contributed by atoms with Crippen molar-refractivity contribution in [2.24, 2.45) is 0 Å². The summed E-state index contributed by atoms with van der Waals surface area (Å²) in [7, 11) is -3.28. The molecule has 92 valence electrons. The summed E-state index contributed by atoms with van der Waals surface area (Å²) >= 11 is 0. The SMILES string of the molecule is C[C@H]1Cc2ccccc2N1C(=O)CS(C)(=O)=O. The van der Waals surface area contributed by atoms with Gasteiger partial charge in [-0.05, 0) is 25.0 Å². The zero-order valence-corrected chi connectivity index (χ0v) is 10.7. The molecule has 0 unspecified atom stereocenters. The lowest BCUT2D eigenvalue weighted by molar-refractivity contribution is -0.116. The van der Waals surface area contributed by atoms with Crippen LogP contribution in [0.4, 0.5) is 5.69 Å². The molecular formula is C12H15NO3S. The maximum Gasteiger partial charge on any atom is 0.242 e. The second-order valence-electron chi connectivity index (χ2n) is 4.52. The van der Waals surface area contributed by atoms with Gasteiger partial charge in [-0.1, -0.05) is 18.2 Å².